The van der Waals surface area contributed by atoms with Gasteiger partial charge in [-0.1, -0.05) is 18.1 Å². The molecule has 0 heterocycles. The van der Waals surface area contributed by atoms with E-state index in [2.05, 4.69) is 28.7 Å². The highest BCUT2D eigenvalue weighted by Crippen LogP contribution is 2.11. The van der Waals surface area contributed by atoms with Gasteiger partial charge >= 0.3 is 0 Å². The van der Waals surface area contributed by atoms with Gasteiger partial charge in [0.2, 0.25) is 0 Å². The number of ether oxygens (including phenoxy) is 1. The minimum absolute atomic E-state index is 0.121. The van der Waals surface area contributed by atoms with E-state index in [9.17, 15) is 0 Å². The smallest absolute Gasteiger partial charge is 0.184 e. The van der Waals surface area contributed by atoms with Gasteiger partial charge in [0, 0.05) is 0 Å². The SMILES string of the molecule is C#CCOc1cccc(C=NNC(N)=S)c1. The summed E-state index contributed by atoms with van der Waals surface area (Å²) in [6, 6.07) is 7.33. The second-order valence-corrected chi connectivity index (χ2v) is 3.24. The van der Waals surface area contributed by atoms with Crippen molar-refractivity contribution >= 4 is 23.5 Å². The number of terminal acetylenes is 1. The summed E-state index contributed by atoms with van der Waals surface area (Å²) in [7, 11) is 0. The Kier molecular flexibility index (Phi) is 4.83. The van der Waals surface area contributed by atoms with Gasteiger partial charge in [-0.3, -0.25) is 5.43 Å². The molecule has 0 radical (unpaired) electrons. The molecule has 0 saturated heterocycles. The van der Waals surface area contributed by atoms with E-state index in [4.69, 9.17) is 16.9 Å². The summed E-state index contributed by atoms with van der Waals surface area (Å²) in [5.74, 6) is 3.08. The van der Waals surface area contributed by atoms with E-state index in [1.165, 1.54) is 0 Å². The highest BCUT2D eigenvalue weighted by Gasteiger charge is 1.93. The van der Waals surface area contributed by atoms with Gasteiger partial charge in [0.25, 0.3) is 0 Å². The van der Waals surface area contributed by atoms with Gasteiger partial charge in [-0.25, -0.2) is 0 Å². The van der Waals surface area contributed by atoms with E-state index < -0.39 is 0 Å². The quantitative estimate of drug-likeness (QED) is 0.350. The van der Waals surface area contributed by atoms with E-state index >= 15 is 0 Å². The van der Waals surface area contributed by atoms with Gasteiger partial charge in [0.05, 0.1) is 6.21 Å². The summed E-state index contributed by atoms with van der Waals surface area (Å²) in [5.41, 5.74) is 8.53. The molecule has 0 spiro atoms. The molecule has 5 heteroatoms. The van der Waals surface area contributed by atoms with Crippen LogP contribution in [0.1, 0.15) is 5.56 Å². The Balaban J connectivity index is 2.64. The van der Waals surface area contributed by atoms with Gasteiger partial charge in [0.15, 0.2) is 5.11 Å². The molecule has 82 valence electrons. The van der Waals surface area contributed by atoms with Crippen molar-refractivity contribution in [2.24, 2.45) is 10.8 Å². The average molecular weight is 233 g/mol. The molecule has 1 rings (SSSR count). The Morgan fingerprint density at radius 2 is 2.50 bits per heavy atom. The Hall–Kier alpha value is -2.06. The van der Waals surface area contributed by atoms with Gasteiger partial charge in [-0.15, -0.1) is 6.42 Å². The minimum atomic E-state index is 0.121. The third-order valence-electron chi connectivity index (χ3n) is 1.57. The zero-order valence-electron chi connectivity index (χ0n) is 8.51. The van der Waals surface area contributed by atoms with Crippen LogP contribution in [0.4, 0.5) is 0 Å². The van der Waals surface area contributed by atoms with Crippen molar-refractivity contribution in [3.8, 4) is 18.1 Å². The summed E-state index contributed by atoms with van der Waals surface area (Å²) in [6.07, 6.45) is 6.67. The van der Waals surface area contributed by atoms with Crippen LogP contribution in [-0.2, 0) is 0 Å². The van der Waals surface area contributed by atoms with Crippen molar-refractivity contribution in [3.05, 3.63) is 29.8 Å². The van der Waals surface area contributed by atoms with Crippen LogP contribution in [-0.4, -0.2) is 17.9 Å². The number of nitrogens with one attached hydrogen (secondary N) is 1. The van der Waals surface area contributed by atoms with Crippen molar-refractivity contribution in [3.63, 3.8) is 0 Å². The topological polar surface area (TPSA) is 59.6 Å². The summed E-state index contributed by atoms with van der Waals surface area (Å²) in [4.78, 5) is 0. The molecule has 0 aliphatic carbocycles. The van der Waals surface area contributed by atoms with Gasteiger partial charge < -0.3 is 10.5 Å². The highest BCUT2D eigenvalue weighted by atomic mass is 32.1. The van der Waals surface area contributed by atoms with Crippen molar-refractivity contribution in [1.82, 2.24) is 5.43 Å². The number of hydrazone groups is 1. The van der Waals surface area contributed by atoms with Crippen molar-refractivity contribution in [2.75, 3.05) is 6.61 Å². The number of hydrogen-bond donors (Lipinski definition) is 2. The molecule has 3 N–H and O–H groups in total. The monoisotopic (exact) mass is 233 g/mol. The molecule has 1 aromatic rings. The molecule has 4 nitrogen and oxygen atoms in total. The lowest BCUT2D eigenvalue weighted by atomic mass is 10.2. The van der Waals surface area contributed by atoms with Gasteiger partial charge in [-0.2, -0.15) is 5.10 Å². The summed E-state index contributed by atoms with van der Waals surface area (Å²) in [6.45, 7) is 0.242. The highest BCUT2D eigenvalue weighted by molar-refractivity contribution is 7.80. The standard InChI is InChI=1S/C11H11N3OS/c1-2-6-15-10-5-3-4-9(7-10)8-13-14-11(12)16/h1,3-5,7-8H,6H2,(H3,12,14,16). The first-order valence-corrected chi connectivity index (χ1v) is 4.88. The molecule has 0 aromatic heterocycles. The maximum absolute atomic E-state index is 5.25. The molecular formula is C11H11N3OS. The number of nitrogens with two attached hydrogens (primary N) is 1. The summed E-state index contributed by atoms with van der Waals surface area (Å²) < 4.78 is 5.25. The number of nitrogens with zero attached hydrogens (tertiary/aromatic N) is 1. The second kappa shape index (κ2) is 6.43. The average Bonchev–Trinajstić information content (AvgIpc) is 2.26. The first kappa shape index (κ1) is 12.0. The van der Waals surface area contributed by atoms with Gasteiger partial charge in [0.1, 0.15) is 12.4 Å². The number of benzene rings is 1. The minimum Gasteiger partial charge on any atom is -0.481 e. The normalized spacial score (nSPS) is 9.69. The van der Waals surface area contributed by atoms with Crippen molar-refractivity contribution in [2.45, 2.75) is 0 Å². The first-order valence-electron chi connectivity index (χ1n) is 4.47. The molecule has 0 aliphatic rings. The lowest BCUT2D eigenvalue weighted by Gasteiger charge is -2.02. The molecule has 0 bridgehead atoms. The maximum Gasteiger partial charge on any atom is 0.184 e. The number of thiocarbonyl (C=S) groups is 1. The molecule has 0 fully saturated rings. The molecule has 16 heavy (non-hydrogen) atoms. The van der Waals surface area contributed by atoms with Crippen LogP contribution in [0.25, 0.3) is 0 Å². The van der Waals surface area contributed by atoms with Crippen LogP contribution >= 0.6 is 12.2 Å². The summed E-state index contributed by atoms with van der Waals surface area (Å²) in [5, 5.41) is 3.95. The molecular weight excluding hydrogens is 222 g/mol. The van der Waals surface area contributed by atoms with Crippen molar-refractivity contribution in [1.29, 1.82) is 0 Å². The lowest BCUT2D eigenvalue weighted by Crippen LogP contribution is -2.23. The molecule has 0 unspecified atom stereocenters. The number of hydrogen-bond acceptors (Lipinski definition) is 3. The third kappa shape index (κ3) is 4.44. The van der Waals surface area contributed by atoms with Crippen LogP contribution in [0.15, 0.2) is 29.4 Å². The first-order chi connectivity index (χ1) is 7.72. The van der Waals surface area contributed by atoms with E-state index in [1.807, 2.05) is 24.3 Å². The Labute approximate surface area is 99.5 Å². The van der Waals surface area contributed by atoms with Crippen LogP contribution in [0.3, 0.4) is 0 Å². The third-order valence-corrected chi connectivity index (χ3v) is 1.66. The van der Waals surface area contributed by atoms with E-state index in [1.54, 1.807) is 6.21 Å². The molecule has 0 atom stereocenters. The van der Waals surface area contributed by atoms with Crippen molar-refractivity contribution < 1.29 is 4.74 Å². The Morgan fingerprint density at radius 3 is 3.19 bits per heavy atom. The fourth-order valence-corrected chi connectivity index (χ4v) is 1.03. The van der Waals surface area contributed by atoms with E-state index in [0.717, 1.165) is 5.56 Å². The maximum atomic E-state index is 5.25. The lowest BCUT2D eigenvalue weighted by molar-refractivity contribution is 0.370. The predicted molar refractivity (Wildman–Crippen MR) is 68.3 cm³/mol. The van der Waals surface area contributed by atoms with Crippen LogP contribution in [0.2, 0.25) is 0 Å². The molecule has 0 saturated carbocycles. The Bertz CT molecular complexity index is 437. The Morgan fingerprint density at radius 1 is 1.69 bits per heavy atom. The van der Waals surface area contributed by atoms with E-state index in [-0.39, 0.29) is 11.7 Å². The molecule has 1 aromatic carbocycles. The van der Waals surface area contributed by atoms with Crippen LogP contribution in [0.5, 0.6) is 5.75 Å². The largest absolute Gasteiger partial charge is 0.481 e. The predicted octanol–water partition coefficient (Wildman–Crippen LogP) is 0.866. The molecule has 0 amide bonds. The van der Waals surface area contributed by atoms with Gasteiger partial charge in [-0.05, 0) is 29.9 Å². The number of rotatable bonds is 4. The van der Waals surface area contributed by atoms with Crippen LogP contribution in [0, 0.1) is 12.3 Å². The molecule has 0 aliphatic heterocycles. The van der Waals surface area contributed by atoms with E-state index in [0.29, 0.717) is 5.75 Å². The zero-order chi connectivity index (χ0) is 11.8. The van der Waals surface area contributed by atoms with Crippen LogP contribution < -0.4 is 15.9 Å². The second-order valence-electron chi connectivity index (χ2n) is 2.80. The fourth-order valence-electron chi connectivity index (χ4n) is 0.980. The summed E-state index contributed by atoms with van der Waals surface area (Å²) >= 11 is 4.60. The fraction of sp³-hybridized carbons (Fsp3) is 0.0909. The zero-order valence-corrected chi connectivity index (χ0v) is 9.33.